The van der Waals surface area contributed by atoms with Crippen LogP contribution >= 0.6 is 0 Å². The molecule has 0 N–H and O–H groups in total. The van der Waals surface area contributed by atoms with Crippen LogP contribution in [0.3, 0.4) is 0 Å². The van der Waals surface area contributed by atoms with E-state index in [1.165, 1.54) is 16.7 Å². The Morgan fingerprint density at radius 2 is 1.72 bits per heavy atom. The summed E-state index contributed by atoms with van der Waals surface area (Å²) < 4.78 is 5.79. The summed E-state index contributed by atoms with van der Waals surface area (Å²) in [5.74, 6) is 2.07. The summed E-state index contributed by atoms with van der Waals surface area (Å²) in [4.78, 5) is 0. The van der Waals surface area contributed by atoms with Crippen LogP contribution in [0.4, 0.5) is 0 Å². The Morgan fingerprint density at radius 1 is 0.960 bits per heavy atom. The second kappa shape index (κ2) is 10.1. The minimum Gasteiger partial charge on any atom is -0.494 e. The van der Waals surface area contributed by atoms with Gasteiger partial charge >= 0.3 is 0 Å². The molecule has 1 atom stereocenters. The first kappa shape index (κ1) is 19.3. The highest BCUT2D eigenvalue weighted by atomic mass is 16.5. The first-order valence-electron chi connectivity index (χ1n) is 9.59. The van der Waals surface area contributed by atoms with E-state index in [4.69, 9.17) is 4.74 Å². The Balaban J connectivity index is 1.94. The molecule has 134 valence electrons. The third-order valence-electron chi connectivity index (χ3n) is 4.57. The van der Waals surface area contributed by atoms with Crippen molar-refractivity contribution in [2.75, 3.05) is 6.61 Å². The quantitative estimate of drug-likeness (QED) is 0.440. The number of hydrogen-bond acceptors (Lipinski definition) is 1. The van der Waals surface area contributed by atoms with E-state index in [1.54, 1.807) is 0 Å². The Morgan fingerprint density at radius 3 is 2.48 bits per heavy atom. The van der Waals surface area contributed by atoms with E-state index < -0.39 is 0 Å². The van der Waals surface area contributed by atoms with Gasteiger partial charge in [0, 0.05) is 0 Å². The van der Waals surface area contributed by atoms with Crippen molar-refractivity contribution >= 4 is 6.08 Å². The predicted molar refractivity (Wildman–Crippen MR) is 109 cm³/mol. The van der Waals surface area contributed by atoms with Gasteiger partial charge in [0.1, 0.15) is 5.75 Å². The molecule has 2 aromatic rings. The van der Waals surface area contributed by atoms with Gasteiger partial charge in [-0.2, -0.15) is 0 Å². The minimum absolute atomic E-state index is 0.527. The van der Waals surface area contributed by atoms with Crippen LogP contribution in [0.1, 0.15) is 75.5 Å². The molecule has 0 fully saturated rings. The predicted octanol–water partition coefficient (Wildman–Crippen LogP) is 7.20. The maximum atomic E-state index is 5.79. The summed E-state index contributed by atoms with van der Waals surface area (Å²) in [5.41, 5.74) is 4.05. The molecule has 0 aliphatic rings. The van der Waals surface area contributed by atoms with Gasteiger partial charge in [-0.3, -0.25) is 0 Å². The number of ether oxygens (including phenoxy) is 1. The molecule has 2 rings (SSSR count). The Bertz CT molecular complexity index is 669. The molecule has 1 heteroatoms. The first-order valence-corrected chi connectivity index (χ1v) is 9.59. The van der Waals surface area contributed by atoms with Crippen molar-refractivity contribution in [1.82, 2.24) is 0 Å². The van der Waals surface area contributed by atoms with Crippen LogP contribution in [0.2, 0.25) is 0 Å². The van der Waals surface area contributed by atoms with Crippen molar-refractivity contribution in [3.8, 4) is 5.75 Å². The zero-order valence-corrected chi connectivity index (χ0v) is 16.2. The Hall–Kier alpha value is -2.02. The lowest BCUT2D eigenvalue weighted by Crippen LogP contribution is -1.96. The van der Waals surface area contributed by atoms with Crippen molar-refractivity contribution in [2.24, 2.45) is 0 Å². The summed E-state index contributed by atoms with van der Waals surface area (Å²) in [7, 11) is 0. The number of benzene rings is 2. The van der Waals surface area contributed by atoms with E-state index in [2.05, 4.69) is 82.3 Å². The molecule has 0 saturated heterocycles. The van der Waals surface area contributed by atoms with Crippen molar-refractivity contribution in [3.63, 3.8) is 0 Å². The average Bonchev–Trinajstić information content (AvgIpc) is 2.62. The number of unbranched alkanes of at least 4 members (excludes halogenated alkanes) is 1. The average molecular weight is 337 g/mol. The Kier molecular flexibility index (Phi) is 7.78. The summed E-state index contributed by atoms with van der Waals surface area (Å²) in [6.07, 6.45) is 7.79. The second-order valence-corrected chi connectivity index (χ2v) is 7.14. The van der Waals surface area contributed by atoms with Crippen LogP contribution in [-0.2, 0) is 0 Å². The van der Waals surface area contributed by atoms with Crippen LogP contribution in [-0.4, -0.2) is 6.61 Å². The van der Waals surface area contributed by atoms with Crippen LogP contribution in [0.5, 0.6) is 5.75 Å². The molecule has 0 spiro atoms. The molecule has 0 aromatic heterocycles. The van der Waals surface area contributed by atoms with E-state index in [-0.39, 0.29) is 0 Å². The molecule has 1 nitrogen and oxygen atoms in total. The highest BCUT2D eigenvalue weighted by Crippen LogP contribution is 2.24. The third kappa shape index (κ3) is 6.42. The standard InChI is InChI=1S/C24H32O/c1-5-6-16-25-24-15-8-12-21(17-24)11-7-10-20(4)23-14-9-13-22(18-23)19(2)3/h7-9,11-15,17-20H,5-6,10,16H2,1-4H3/b11-7-. The highest BCUT2D eigenvalue weighted by Gasteiger charge is 2.06. The van der Waals surface area contributed by atoms with Crippen molar-refractivity contribution < 1.29 is 4.74 Å². The molecule has 1 unspecified atom stereocenters. The first-order chi connectivity index (χ1) is 12.1. The summed E-state index contributed by atoms with van der Waals surface area (Å²) in [6.45, 7) is 9.78. The van der Waals surface area contributed by atoms with E-state index in [0.29, 0.717) is 11.8 Å². The maximum Gasteiger partial charge on any atom is 0.119 e. The van der Waals surface area contributed by atoms with Gasteiger partial charge in [0.2, 0.25) is 0 Å². The highest BCUT2D eigenvalue weighted by molar-refractivity contribution is 5.51. The van der Waals surface area contributed by atoms with Gasteiger partial charge in [-0.15, -0.1) is 0 Å². The molecule has 0 heterocycles. The normalized spacial score (nSPS) is 12.7. The molecule has 0 bridgehead atoms. The molecule has 0 saturated carbocycles. The lowest BCUT2D eigenvalue weighted by molar-refractivity contribution is 0.309. The van der Waals surface area contributed by atoms with E-state index in [0.717, 1.165) is 31.6 Å². The van der Waals surface area contributed by atoms with Crippen LogP contribution in [0.25, 0.3) is 6.08 Å². The fraction of sp³-hybridized carbons (Fsp3) is 0.417. The minimum atomic E-state index is 0.527. The molecule has 2 aromatic carbocycles. The molecule has 0 radical (unpaired) electrons. The zero-order chi connectivity index (χ0) is 18.1. The molecule has 0 aliphatic heterocycles. The number of allylic oxidation sites excluding steroid dienone is 1. The summed E-state index contributed by atoms with van der Waals surface area (Å²) >= 11 is 0. The number of rotatable bonds is 9. The largest absolute Gasteiger partial charge is 0.494 e. The van der Waals surface area contributed by atoms with Gasteiger partial charge < -0.3 is 4.74 Å². The van der Waals surface area contributed by atoms with Gasteiger partial charge in [0.15, 0.2) is 0 Å². The fourth-order valence-electron chi connectivity index (χ4n) is 2.81. The molecule has 0 amide bonds. The lowest BCUT2D eigenvalue weighted by atomic mass is 9.93. The number of hydrogen-bond donors (Lipinski definition) is 0. The molecular formula is C24H32O. The van der Waals surface area contributed by atoms with Gasteiger partial charge in [0.05, 0.1) is 6.61 Å². The smallest absolute Gasteiger partial charge is 0.119 e. The molecule has 0 aliphatic carbocycles. The van der Waals surface area contributed by atoms with Gasteiger partial charge in [-0.25, -0.2) is 0 Å². The van der Waals surface area contributed by atoms with Crippen LogP contribution < -0.4 is 4.74 Å². The van der Waals surface area contributed by atoms with Crippen LogP contribution in [0, 0.1) is 0 Å². The lowest BCUT2D eigenvalue weighted by Gasteiger charge is -2.13. The fourth-order valence-corrected chi connectivity index (χ4v) is 2.81. The SMILES string of the molecule is CCCCOc1cccc(/C=C\CC(C)c2cccc(C(C)C)c2)c1. The Labute approximate surface area is 153 Å². The molecular weight excluding hydrogens is 304 g/mol. The van der Waals surface area contributed by atoms with E-state index >= 15 is 0 Å². The van der Waals surface area contributed by atoms with E-state index in [1.807, 2.05) is 6.07 Å². The monoisotopic (exact) mass is 336 g/mol. The van der Waals surface area contributed by atoms with E-state index in [9.17, 15) is 0 Å². The van der Waals surface area contributed by atoms with Crippen molar-refractivity contribution in [3.05, 3.63) is 71.3 Å². The second-order valence-electron chi connectivity index (χ2n) is 7.14. The van der Waals surface area contributed by atoms with Crippen molar-refractivity contribution in [2.45, 2.75) is 58.8 Å². The summed E-state index contributed by atoms with van der Waals surface area (Å²) in [6, 6.07) is 17.4. The van der Waals surface area contributed by atoms with Gasteiger partial charge in [-0.1, -0.05) is 82.7 Å². The van der Waals surface area contributed by atoms with Gasteiger partial charge in [-0.05, 0) is 53.5 Å². The maximum absolute atomic E-state index is 5.79. The zero-order valence-electron chi connectivity index (χ0n) is 16.2. The van der Waals surface area contributed by atoms with Crippen LogP contribution in [0.15, 0.2) is 54.6 Å². The molecule has 25 heavy (non-hydrogen) atoms. The van der Waals surface area contributed by atoms with Gasteiger partial charge in [0.25, 0.3) is 0 Å². The third-order valence-corrected chi connectivity index (χ3v) is 4.57. The van der Waals surface area contributed by atoms with Crippen molar-refractivity contribution in [1.29, 1.82) is 0 Å². The summed E-state index contributed by atoms with van der Waals surface area (Å²) in [5, 5.41) is 0. The topological polar surface area (TPSA) is 9.23 Å².